The van der Waals surface area contributed by atoms with Crippen molar-refractivity contribution in [3.63, 3.8) is 0 Å². The summed E-state index contributed by atoms with van der Waals surface area (Å²) in [4.78, 5) is 26.3. The molecule has 0 radical (unpaired) electrons. The minimum atomic E-state index is -4.04. The number of amides is 2. The van der Waals surface area contributed by atoms with Crippen molar-refractivity contribution in [2.45, 2.75) is 35.0 Å². The molecule has 1 heterocycles. The molecule has 0 saturated carbocycles. The second-order valence-electron chi connectivity index (χ2n) is 10.2. The van der Waals surface area contributed by atoms with Crippen molar-refractivity contribution >= 4 is 44.6 Å². The van der Waals surface area contributed by atoms with E-state index in [0.29, 0.717) is 5.75 Å². The van der Waals surface area contributed by atoms with Crippen LogP contribution in [0.3, 0.4) is 0 Å². The minimum absolute atomic E-state index is 0.0376. The van der Waals surface area contributed by atoms with Crippen molar-refractivity contribution < 1.29 is 27.5 Å². The Bertz CT molecular complexity index is 1680. The third kappa shape index (κ3) is 7.30. The van der Waals surface area contributed by atoms with Crippen LogP contribution in [0.4, 0.5) is 4.79 Å². The van der Waals surface area contributed by atoms with Gasteiger partial charge in [-0.1, -0.05) is 72.8 Å². The first-order valence-corrected chi connectivity index (χ1v) is 16.2. The largest absolute Gasteiger partial charge is 0.497 e. The Hall–Kier alpha value is -4.06. The molecule has 0 bridgehead atoms. The van der Waals surface area contributed by atoms with Gasteiger partial charge in [0.15, 0.2) is 0 Å². The topological polar surface area (TPSA) is 105 Å². The molecule has 5 rings (SSSR count). The van der Waals surface area contributed by atoms with Gasteiger partial charge in [0, 0.05) is 24.6 Å². The summed E-state index contributed by atoms with van der Waals surface area (Å²) in [7, 11) is -1.06. The van der Waals surface area contributed by atoms with Crippen molar-refractivity contribution in [2.24, 2.45) is 0 Å². The summed E-state index contributed by atoms with van der Waals surface area (Å²) in [5.41, 5.74) is 4.40. The summed E-state index contributed by atoms with van der Waals surface area (Å²) < 4.78 is 39.8. The number of nitrogens with one attached hydrogen (secondary N) is 1. The summed E-state index contributed by atoms with van der Waals surface area (Å²) in [6.07, 6.45) is -0.476. The summed E-state index contributed by atoms with van der Waals surface area (Å²) in [6.45, 7) is 0.187. The Morgan fingerprint density at radius 1 is 0.930 bits per heavy atom. The van der Waals surface area contributed by atoms with Gasteiger partial charge >= 0.3 is 6.09 Å². The Kier molecular flexibility index (Phi) is 9.54. The lowest BCUT2D eigenvalue weighted by Crippen LogP contribution is -2.52. The number of rotatable bonds is 9. The molecule has 43 heavy (non-hydrogen) atoms. The van der Waals surface area contributed by atoms with Gasteiger partial charge in [0.25, 0.3) is 5.91 Å². The van der Waals surface area contributed by atoms with E-state index >= 15 is 0 Å². The van der Waals surface area contributed by atoms with Crippen molar-refractivity contribution in [3.05, 3.63) is 108 Å². The molecule has 2 atom stereocenters. The number of methoxy groups -OCH3 is 1. The van der Waals surface area contributed by atoms with E-state index in [2.05, 4.69) is 5.43 Å². The SMILES string of the molecule is COc1ccc(CSC2CC(C(=O)NN(C)C(=O)OCc3ccccc3)N(S(=O)(=O)c3ccc4ccccc4c3)C2)cc1. The minimum Gasteiger partial charge on any atom is -0.497 e. The highest BCUT2D eigenvalue weighted by molar-refractivity contribution is 7.99. The zero-order valence-corrected chi connectivity index (χ0v) is 25.5. The average Bonchev–Trinajstić information content (AvgIpc) is 3.48. The predicted molar refractivity (Wildman–Crippen MR) is 167 cm³/mol. The van der Waals surface area contributed by atoms with E-state index in [1.54, 1.807) is 37.1 Å². The van der Waals surface area contributed by atoms with Crippen molar-refractivity contribution in [1.82, 2.24) is 14.7 Å². The van der Waals surface area contributed by atoms with Crippen molar-refractivity contribution in [3.8, 4) is 5.75 Å². The van der Waals surface area contributed by atoms with Gasteiger partial charge in [0.2, 0.25) is 10.0 Å². The highest BCUT2D eigenvalue weighted by atomic mass is 32.2. The van der Waals surface area contributed by atoms with Crippen LogP contribution in [-0.4, -0.2) is 61.7 Å². The molecule has 1 fully saturated rings. The number of sulfonamides is 1. The fraction of sp³-hybridized carbons (Fsp3) is 0.250. The van der Waals surface area contributed by atoms with Crippen LogP contribution in [0.25, 0.3) is 10.8 Å². The van der Waals surface area contributed by atoms with E-state index in [4.69, 9.17) is 9.47 Å². The molecule has 1 N–H and O–H groups in total. The number of carbonyl (C=O) groups is 2. The number of nitrogens with zero attached hydrogens (tertiary/aromatic N) is 2. The molecule has 0 aliphatic carbocycles. The number of hydrazine groups is 1. The van der Waals surface area contributed by atoms with Crippen LogP contribution in [0.1, 0.15) is 17.5 Å². The van der Waals surface area contributed by atoms with Crippen LogP contribution in [0, 0.1) is 0 Å². The van der Waals surface area contributed by atoms with Gasteiger partial charge < -0.3 is 9.47 Å². The standard InChI is InChI=1S/C32H33N3O6S2/c1-34(32(37)41-21-23-8-4-3-5-9-23)33-31(36)30-19-28(42-22-24-12-15-27(40-2)16-13-24)20-35(30)43(38,39)29-17-14-25-10-6-7-11-26(25)18-29/h3-18,28,30H,19-22H2,1-2H3,(H,33,36). The lowest BCUT2D eigenvalue weighted by atomic mass is 10.1. The molecule has 1 saturated heterocycles. The van der Waals surface area contributed by atoms with Crippen LogP contribution in [0.5, 0.6) is 5.75 Å². The van der Waals surface area contributed by atoms with Gasteiger partial charge in [-0.3, -0.25) is 10.2 Å². The maximum absolute atomic E-state index is 14.0. The molecule has 9 nitrogen and oxygen atoms in total. The van der Waals surface area contributed by atoms with Crippen LogP contribution in [-0.2, 0) is 31.9 Å². The van der Waals surface area contributed by atoms with Gasteiger partial charge in [-0.25, -0.2) is 18.2 Å². The van der Waals surface area contributed by atoms with E-state index < -0.39 is 28.1 Å². The Morgan fingerprint density at radius 2 is 1.63 bits per heavy atom. The lowest BCUT2D eigenvalue weighted by molar-refractivity contribution is -0.128. The summed E-state index contributed by atoms with van der Waals surface area (Å²) in [5.74, 6) is 0.792. The smallest absolute Gasteiger partial charge is 0.428 e. The number of thioether (sulfide) groups is 1. The van der Waals surface area contributed by atoms with E-state index in [9.17, 15) is 18.0 Å². The first-order chi connectivity index (χ1) is 20.7. The van der Waals surface area contributed by atoms with Gasteiger partial charge in [-0.05, 0) is 52.6 Å². The molecule has 2 unspecified atom stereocenters. The maximum Gasteiger partial charge on any atom is 0.428 e. The number of ether oxygens (including phenoxy) is 2. The highest BCUT2D eigenvalue weighted by Crippen LogP contribution is 2.35. The quantitative estimate of drug-likeness (QED) is 0.257. The summed E-state index contributed by atoms with van der Waals surface area (Å²) >= 11 is 1.59. The predicted octanol–water partition coefficient (Wildman–Crippen LogP) is 5.21. The molecule has 1 aliphatic heterocycles. The molecule has 4 aromatic rings. The molecule has 11 heteroatoms. The molecular formula is C32H33N3O6S2. The Labute approximate surface area is 255 Å². The van der Waals surface area contributed by atoms with E-state index in [1.807, 2.05) is 78.9 Å². The molecule has 2 amide bonds. The van der Waals surface area contributed by atoms with Gasteiger partial charge in [-0.15, -0.1) is 0 Å². The van der Waals surface area contributed by atoms with Crippen molar-refractivity contribution in [1.29, 1.82) is 0 Å². The normalized spacial score (nSPS) is 17.0. The molecular weight excluding hydrogens is 587 g/mol. The molecule has 0 aromatic heterocycles. The van der Waals surface area contributed by atoms with Gasteiger partial charge in [0.1, 0.15) is 18.4 Å². The average molecular weight is 620 g/mol. The van der Waals surface area contributed by atoms with E-state index in [1.165, 1.54) is 11.4 Å². The lowest BCUT2D eigenvalue weighted by Gasteiger charge is -2.26. The zero-order chi connectivity index (χ0) is 30.4. The van der Waals surface area contributed by atoms with E-state index in [-0.39, 0.29) is 29.7 Å². The van der Waals surface area contributed by atoms with Crippen LogP contribution >= 0.6 is 11.8 Å². The number of benzene rings is 4. The third-order valence-electron chi connectivity index (χ3n) is 7.25. The Morgan fingerprint density at radius 3 is 2.35 bits per heavy atom. The fourth-order valence-corrected chi connectivity index (χ4v) is 7.87. The van der Waals surface area contributed by atoms with Crippen LogP contribution < -0.4 is 10.2 Å². The first-order valence-electron chi connectivity index (χ1n) is 13.7. The third-order valence-corrected chi connectivity index (χ3v) is 10.4. The van der Waals surface area contributed by atoms with Gasteiger partial charge in [-0.2, -0.15) is 16.1 Å². The first kappa shape index (κ1) is 30.4. The highest BCUT2D eigenvalue weighted by Gasteiger charge is 2.44. The maximum atomic E-state index is 14.0. The van der Waals surface area contributed by atoms with Crippen LogP contribution in [0.2, 0.25) is 0 Å². The number of hydrogen-bond donors (Lipinski definition) is 1. The fourth-order valence-electron chi connectivity index (χ4n) is 4.89. The van der Waals surface area contributed by atoms with Gasteiger partial charge in [0.05, 0.1) is 12.0 Å². The second kappa shape index (κ2) is 13.5. The molecule has 4 aromatic carbocycles. The van der Waals surface area contributed by atoms with Crippen LogP contribution in [0.15, 0.2) is 102 Å². The van der Waals surface area contributed by atoms with Crippen molar-refractivity contribution in [2.75, 3.05) is 20.7 Å². The number of fused-ring (bicyclic) bond motifs is 1. The zero-order valence-electron chi connectivity index (χ0n) is 23.9. The summed E-state index contributed by atoms with van der Waals surface area (Å²) in [6, 6.07) is 28.3. The van der Waals surface area contributed by atoms with E-state index in [0.717, 1.165) is 32.7 Å². The number of carbonyl (C=O) groups excluding carboxylic acids is 2. The number of hydrogen-bond acceptors (Lipinski definition) is 7. The second-order valence-corrected chi connectivity index (χ2v) is 13.4. The monoisotopic (exact) mass is 619 g/mol. The molecule has 224 valence electrons. The summed E-state index contributed by atoms with van der Waals surface area (Å²) in [5, 5.41) is 2.50. The Balaban J connectivity index is 1.32. The molecule has 1 aliphatic rings. The molecule has 0 spiro atoms.